The van der Waals surface area contributed by atoms with Gasteiger partial charge in [0.15, 0.2) is 0 Å². The van der Waals surface area contributed by atoms with E-state index in [1.807, 2.05) is 18.7 Å². The number of aliphatic hydroxyl groups excluding tert-OH is 1. The van der Waals surface area contributed by atoms with Crippen LogP contribution < -0.4 is 0 Å². The lowest BCUT2D eigenvalue weighted by molar-refractivity contribution is 0.0317. The molecule has 116 valence electrons. The van der Waals surface area contributed by atoms with Crippen LogP contribution in [0, 0.1) is 13.8 Å². The molecule has 0 aromatic carbocycles. The molecule has 1 N–H and O–H groups in total. The molecule has 1 aromatic heterocycles. The molecule has 2 atom stereocenters. The molecule has 5 nitrogen and oxygen atoms in total. The van der Waals surface area contributed by atoms with E-state index in [0.717, 1.165) is 61.0 Å². The van der Waals surface area contributed by atoms with Crippen LogP contribution in [-0.4, -0.2) is 64.1 Å². The molecule has 1 aromatic rings. The lowest BCUT2D eigenvalue weighted by Crippen LogP contribution is -2.53. The Morgan fingerprint density at radius 1 is 1.24 bits per heavy atom. The minimum atomic E-state index is -0.182. The maximum Gasteiger partial charge on any atom is 0.265 e. The van der Waals surface area contributed by atoms with Crippen molar-refractivity contribution in [2.75, 3.05) is 26.2 Å². The summed E-state index contributed by atoms with van der Waals surface area (Å²) in [5, 5.41) is 11.0. The number of thiazole rings is 1. The normalized spacial score (nSPS) is 27.3. The fourth-order valence-corrected chi connectivity index (χ4v) is 4.36. The van der Waals surface area contributed by atoms with Gasteiger partial charge in [0.1, 0.15) is 4.88 Å². The molecule has 2 fully saturated rings. The molecule has 0 radical (unpaired) electrons. The number of carbonyl (C=O) groups excluding carboxylic acids is 1. The average Bonchev–Trinajstić information content (AvgIpc) is 3.04. The topological polar surface area (TPSA) is 56.7 Å². The first-order chi connectivity index (χ1) is 10.1. The van der Waals surface area contributed by atoms with Crippen LogP contribution in [0.4, 0.5) is 0 Å². The number of hydrogen-bond donors (Lipinski definition) is 1. The van der Waals surface area contributed by atoms with Gasteiger partial charge in [-0.25, -0.2) is 4.98 Å². The van der Waals surface area contributed by atoms with Gasteiger partial charge in [0, 0.05) is 32.2 Å². The number of aliphatic hydroxyl groups is 1. The molecule has 1 amide bonds. The van der Waals surface area contributed by atoms with Crippen molar-refractivity contribution < 1.29 is 9.90 Å². The third-order valence-electron chi connectivity index (χ3n) is 4.61. The van der Waals surface area contributed by atoms with Gasteiger partial charge in [-0.3, -0.25) is 9.69 Å². The molecule has 21 heavy (non-hydrogen) atoms. The number of rotatable bonds is 2. The van der Waals surface area contributed by atoms with Crippen molar-refractivity contribution in [2.45, 2.75) is 45.3 Å². The summed E-state index contributed by atoms with van der Waals surface area (Å²) in [6.45, 7) is 7.07. The Kier molecular flexibility index (Phi) is 4.28. The van der Waals surface area contributed by atoms with Crippen LogP contribution in [-0.2, 0) is 0 Å². The summed E-state index contributed by atoms with van der Waals surface area (Å²) >= 11 is 1.49. The molecule has 1 saturated heterocycles. The summed E-state index contributed by atoms with van der Waals surface area (Å²) in [6.07, 6.45) is 2.94. The largest absolute Gasteiger partial charge is 0.391 e. The number of piperazine rings is 1. The minimum absolute atomic E-state index is 0.115. The first-order valence-electron chi connectivity index (χ1n) is 7.71. The summed E-state index contributed by atoms with van der Waals surface area (Å²) in [7, 11) is 0. The molecule has 1 aliphatic heterocycles. The molecular weight excluding hydrogens is 286 g/mol. The highest BCUT2D eigenvalue weighted by atomic mass is 32.1. The number of hydrogen-bond acceptors (Lipinski definition) is 5. The Morgan fingerprint density at radius 2 is 1.95 bits per heavy atom. The molecule has 1 saturated carbocycles. The second-order valence-electron chi connectivity index (χ2n) is 6.04. The van der Waals surface area contributed by atoms with Crippen LogP contribution in [0.5, 0.6) is 0 Å². The lowest BCUT2D eigenvalue weighted by Gasteiger charge is -2.39. The molecule has 2 aliphatic rings. The van der Waals surface area contributed by atoms with Crippen molar-refractivity contribution in [3.05, 3.63) is 15.6 Å². The molecule has 6 heteroatoms. The van der Waals surface area contributed by atoms with Crippen LogP contribution >= 0.6 is 11.3 Å². The Balaban J connectivity index is 1.60. The predicted molar refractivity (Wildman–Crippen MR) is 82.7 cm³/mol. The minimum Gasteiger partial charge on any atom is -0.391 e. The zero-order valence-corrected chi connectivity index (χ0v) is 13.5. The number of aryl methyl sites for hydroxylation is 2. The van der Waals surface area contributed by atoms with E-state index in [1.165, 1.54) is 11.3 Å². The maximum absolute atomic E-state index is 12.6. The van der Waals surface area contributed by atoms with Gasteiger partial charge in [-0.2, -0.15) is 0 Å². The van der Waals surface area contributed by atoms with Crippen LogP contribution in [0.1, 0.15) is 39.6 Å². The van der Waals surface area contributed by atoms with Crippen molar-refractivity contribution in [2.24, 2.45) is 0 Å². The number of aromatic nitrogens is 1. The van der Waals surface area contributed by atoms with E-state index in [0.29, 0.717) is 6.04 Å². The fraction of sp³-hybridized carbons (Fsp3) is 0.733. The standard InChI is InChI=1S/C15H23N3O2S/c1-10-14(21-11(2)16-10)15(20)18-8-6-17(7-9-18)12-4-3-5-13(12)19/h12-13,19H,3-9H2,1-2H3/t12-,13+/m1/s1. The Hall–Kier alpha value is -0.980. The van der Waals surface area contributed by atoms with E-state index in [2.05, 4.69) is 9.88 Å². The summed E-state index contributed by atoms with van der Waals surface area (Å²) in [5.41, 5.74) is 0.844. The van der Waals surface area contributed by atoms with Gasteiger partial charge >= 0.3 is 0 Å². The van der Waals surface area contributed by atoms with Crippen molar-refractivity contribution in [3.8, 4) is 0 Å². The summed E-state index contributed by atoms with van der Waals surface area (Å²) in [5.74, 6) is 0.115. The van der Waals surface area contributed by atoms with E-state index in [-0.39, 0.29) is 12.0 Å². The van der Waals surface area contributed by atoms with Crippen LogP contribution in [0.25, 0.3) is 0 Å². The Labute approximate surface area is 129 Å². The van der Waals surface area contributed by atoms with E-state index in [1.54, 1.807) is 0 Å². The van der Waals surface area contributed by atoms with Crippen LogP contribution in [0.3, 0.4) is 0 Å². The van der Waals surface area contributed by atoms with E-state index < -0.39 is 0 Å². The van der Waals surface area contributed by atoms with E-state index in [9.17, 15) is 9.90 Å². The zero-order chi connectivity index (χ0) is 15.0. The first-order valence-corrected chi connectivity index (χ1v) is 8.53. The third-order valence-corrected chi connectivity index (χ3v) is 5.67. The number of amides is 1. The lowest BCUT2D eigenvalue weighted by atomic mass is 10.1. The van der Waals surface area contributed by atoms with Crippen LogP contribution in [0.2, 0.25) is 0 Å². The van der Waals surface area contributed by atoms with Crippen LogP contribution in [0.15, 0.2) is 0 Å². The SMILES string of the molecule is Cc1nc(C)c(C(=O)N2CCN([C@@H]3CCC[C@@H]3O)CC2)s1. The molecule has 2 heterocycles. The van der Waals surface area contributed by atoms with Crippen molar-refractivity contribution in [3.63, 3.8) is 0 Å². The predicted octanol–water partition coefficient (Wildman–Crippen LogP) is 1.43. The summed E-state index contributed by atoms with van der Waals surface area (Å²) < 4.78 is 0. The van der Waals surface area contributed by atoms with E-state index >= 15 is 0 Å². The van der Waals surface area contributed by atoms with Gasteiger partial charge in [0.25, 0.3) is 5.91 Å². The average molecular weight is 309 g/mol. The zero-order valence-electron chi connectivity index (χ0n) is 12.7. The number of carbonyl (C=O) groups is 1. The van der Waals surface area contributed by atoms with E-state index in [4.69, 9.17) is 0 Å². The van der Waals surface area contributed by atoms with Gasteiger partial charge in [0.2, 0.25) is 0 Å². The third kappa shape index (κ3) is 2.98. The quantitative estimate of drug-likeness (QED) is 0.898. The molecule has 3 rings (SSSR count). The van der Waals surface area contributed by atoms with Crippen molar-refractivity contribution in [1.82, 2.24) is 14.8 Å². The summed E-state index contributed by atoms with van der Waals surface area (Å²) in [4.78, 5) is 22.0. The Morgan fingerprint density at radius 3 is 2.48 bits per heavy atom. The van der Waals surface area contributed by atoms with Crippen molar-refractivity contribution in [1.29, 1.82) is 0 Å². The van der Waals surface area contributed by atoms with Gasteiger partial charge in [-0.05, 0) is 33.1 Å². The molecular formula is C15H23N3O2S. The maximum atomic E-state index is 12.6. The van der Waals surface area contributed by atoms with Gasteiger partial charge < -0.3 is 10.0 Å². The molecule has 0 spiro atoms. The second-order valence-corrected chi connectivity index (χ2v) is 7.24. The highest BCUT2D eigenvalue weighted by molar-refractivity contribution is 7.13. The van der Waals surface area contributed by atoms with Gasteiger partial charge in [-0.1, -0.05) is 0 Å². The van der Waals surface area contributed by atoms with Gasteiger partial charge in [-0.15, -0.1) is 11.3 Å². The Bertz CT molecular complexity index is 523. The van der Waals surface area contributed by atoms with Gasteiger partial charge in [0.05, 0.1) is 16.8 Å². The highest BCUT2D eigenvalue weighted by Gasteiger charge is 2.33. The second kappa shape index (κ2) is 6.02. The fourth-order valence-electron chi connectivity index (χ4n) is 3.48. The monoisotopic (exact) mass is 309 g/mol. The highest BCUT2D eigenvalue weighted by Crippen LogP contribution is 2.26. The molecule has 1 aliphatic carbocycles. The number of nitrogens with zero attached hydrogens (tertiary/aromatic N) is 3. The molecule has 0 bridgehead atoms. The summed E-state index contributed by atoms with van der Waals surface area (Å²) in [6, 6.07) is 0.301. The van der Waals surface area contributed by atoms with Crippen molar-refractivity contribution >= 4 is 17.2 Å². The first kappa shape index (κ1) is 14.9. The molecule has 0 unspecified atom stereocenters. The smallest absolute Gasteiger partial charge is 0.265 e.